The Morgan fingerprint density at radius 1 is 1.09 bits per heavy atom. The number of benzene rings is 1. The van der Waals surface area contributed by atoms with Gasteiger partial charge in [0.25, 0.3) is 0 Å². The lowest BCUT2D eigenvalue weighted by Crippen LogP contribution is -2.52. The fourth-order valence-corrected chi connectivity index (χ4v) is 6.36. The van der Waals surface area contributed by atoms with Gasteiger partial charge in [-0.05, 0) is 54.0 Å². The largest absolute Gasteiger partial charge is 0.339 e. The first-order valence-electron chi connectivity index (χ1n) is 13.1. The molecule has 3 heterocycles. The number of rotatable bonds is 9. The molecule has 35 heavy (non-hydrogen) atoms. The van der Waals surface area contributed by atoms with Crippen LogP contribution < -0.4 is 0 Å². The minimum Gasteiger partial charge on any atom is -0.339 e. The highest BCUT2D eigenvalue weighted by Gasteiger charge is 2.31. The molecule has 2 aliphatic rings. The van der Waals surface area contributed by atoms with Crippen LogP contribution in [-0.2, 0) is 16.0 Å². The number of amides is 2. The van der Waals surface area contributed by atoms with Gasteiger partial charge in [-0.3, -0.25) is 14.5 Å². The maximum Gasteiger partial charge on any atom is 0.225 e. The zero-order valence-electron chi connectivity index (χ0n) is 21.0. The Morgan fingerprint density at radius 2 is 1.86 bits per heavy atom. The van der Waals surface area contributed by atoms with Crippen LogP contribution in [0.1, 0.15) is 68.0 Å². The van der Waals surface area contributed by atoms with Gasteiger partial charge in [0.1, 0.15) is 5.82 Å². The Bertz CT molecular complexity index is 1000. The Labute approximate surface area is 212 Å². The maximum absolute atomic E-state index is 14.0. The highest BCUT2D eigenvalue weighted by molar-refractivity contribution is 7.10. The second-order valence-corrected chi connectivity index (χ2v) is 10.7. The van der Waals surface area contributed by atoms with E-state index in [9.17, 15) is 14.0 Å². The van der Waals surface area contributed by atoms with Crippen LogP contribution >= 0.6 is 11.3 Å². The van der Waals surface area contributed by atoms with E-state index in [-0.39, 0.29) is 29.6 Å². The average molecular weight is 500 g/mol. The molecule has 2 aliphatic heterocycles. The van der Waals surface area contributed by atoms with Gasteiger partial charge in [-0.2, -0.15) is 0 Å². The number of piperazine rings is 1. The van der Waals surface area contributed by atoms with Crippen LogP contribution in [-0.4, -0.2) is 65.8 Å². The molecule has 1 saturated heterocycles. The van der Waals surface area contributed by atoms with Crippen LogP contribution in [0.15, 0.2) is 35.7 Å². The van der Waals surface area contributed by atoms with Crippen molar-refractivity contribution in [2.45, 2.75) is 58.4 Å². The molecule has 0 spiro atoms. The zero-order valence-corrected chi connectivity index (χ0v) is 21.9. The van der Waals surface area contributed by atoms with Crippen molar-refractivity contribution in [3.8, 4) is 0 Å². The van der Waals surface area contributed by atoms with E-state index in [1.807, 2.05) is 15.9 Å². The standard InChI is InChI=1S/C28H38FN3O2S/c1-3-5-7-21(4-2)28(34)32-17-15-30(16-18-32)26(33)11-14-31-13-10-25-24(12-19-35-25)27(31)22-8-6-9-23(29)20-22/h6,8-9,12,19-21,27H,3-5,7,10-11,13-18H2,1-2H3. The molecule has 0 N–H and O–H groups in total. The first-order valence-corrected chi connectivity index (χ1v) is 14.0. The van der Waals surface area contributed by atoms with E-state index in [0.29, 0.717) is 39.1 Å². The van der Waals surface area contributed by atoms with Gasteiger partial charge in [0, 0.05) is 56.5 Å². The van der Waals surface area contributed by atoms with E-state index in [1.54, 1.807) is 23.5 Å². The molecule has 0 radical (unpaired) electrons. The first-order chi connectivity index (χ1) is 17.0. The van der Waals surface area contributed by atoms with E-state index in [4.69, 9.17) is 0 Å². The molecule has 2 atom stereocenters. The van der Waals surface area contributed by atoms with Crippen LogP contribution in [0.3, 0.4) is 0 Å². The summed E-state index contributed by atoms with van der Waals surface area (Å²) >= 11 is 1.76. The van der Waals surface area contributed by atoms with E-state index in [2.05, 4.69) is 30.2 Å². The summed E-state index contributed by atoms with van der Waals surface area (Å²) in [5.41, 5.74) is 2.18. The van der Waals surface area contributed by atoms with Crippen LogP contribution in [0.25, 0.3) is 0 Å². The smallest absolute Gasteiger partial charge is 0.225 e. The lowest BCUT2D eigenvalue weighted by atomic mass is 9.93. The summed E-state index contributed by atoms with van der Waals surface area (Å²) in [6, 6.07) is 8.97. The van der Waals surface area contributed by atoms with Gasteiger partial charge in [-0.15, -0.1) is 11.3 Å². The quantitative estimate of drug-likeness (QED) is 0.482. The normalized spacial score (nSPS) is 19.5. The summed E-state index contributed by atoms with van der Waals surface area (Å²) in [7, 11) is 0. The predicted octanol–water partition coefficient (Wildman–Crippen LogP) is 5.11. The lowest BCUT2D eigenvalue weighted by Gasteiger charge is -2.38. The van der Waals surface area contributed by atoms with Gasteiger partial charge in [0.2, 0.25) is 11.8 Å². The van der Waals surface area contributed by atoms with Crippen molar-refractivity contribution in [3.05, 3.63) is 57.5 Å². The highest BCUT2D eigenvalue weighted by atomic mass is 32.1. The molecule has 2 amide bonds. The molecular formula is C28H38FN3O2S. The molecule has 2 aromatic rings. The summed E-state index contributed by atoms with van der Waals surface area (Å²) in [6.07, 6.45) is 5.43. The molecular weight excluding hydrogens is 461 g/mol. The van der Waals surface area contributed by atoms with Crippen LogP contribution in [0.5, 0.6) is 0 Å². The molecule has 0 aliphatic carbocycles. The predicted molar refractivity (Wildman–Crippen MR) is 139 cm³/mol. The second-order valence-electron chi connectivity index (χ2n) is 9.75. The number of fused-ring (bicyclic) bond motifs is 1. The van der Waals surface area contributed by atoms with Gasteiger partial charge in [0.15, 0.2) is 0 Å². The van der Waals surface area contributed by atoms with Gasteiger partial charge >= 0.3 is 0 Å². The molecule has 0 saturated carbocycles. The number of unbranched alkanes of at least 4 members (excludes halogenated alkanes) is 1. The Hall–Kier alpha value is -2.25. The second kappa shape index (κ2) is 12.1. The number of nitrogens with zero attached hydrogens (tertiary/aromatic N) is 3. The molecule has 4 rings (SSSR count). The number of hydrogen-bond donors (Lipinski definition) is 0. The first kappa shape index (κ1) is 25.8. The fourth-order valence-electron chi connectivity index (χ4n) is 5.46. The highest BCUT2D eigenvalue weighted by Crippen LogP contribution is 2.38. The molecule has 0 bridgehead atoms. The minimum absolute atomic E-state index is 0.0166. The van der Waals surface area contributed by atoms with Crippen molar-refractivity contribution in [1.29, 1.82) is 0 Å². The maximum atomic E-state index is 14.0. The topological polar surface area (TPSA) is 43.9 Å². The van der Waals surface area contributed by atoms with Crippen LogP contribution in [0.4, 0.5) is 4.39 Å². The van der Waals surface area contributed by atoms with E-state index >= 15 is 0 Å². The van der Waals surface area contributed by atoms with Crippen LogP contribution in [0, 0.1) is 11.7 Å². The number of thiophene rings is 1. The SMILES string of the molecule is CCCCC(CC)C(=O)N1CCN(C(=O)CCN2CCc3sccc3C2c2cccc(F)c2)CC1. The molecule has 1 aromatic heterocycles. The summed E-state index contributed by atoms with van der Waals surface area (Å²) in [4.78, 5) is 33.5. The van der Waals surface area contributed by atoms with E-state index in [1.165, 1.54) is 16.5 Å². The Morgan fingerprint density at radius 3 is 2.57 bits per heavy atom. The number of carbonyl (C=O) groups is 2. The van der Waals surface area contributed by atoms with Gasteiger partial charge in [-0.25, -0.2) is 4.39 Å². The van der Waals surface area contributed by atoms with Crippen molar-refractivity contribution in [2.75, 3.05) is 39.3 Å². The monoisotopic (exact) mass is 499 g/mol. The molecule has 2 unspecified atom stereocenters. The molecule has 1 aromatic carbocycles. The zero-order chi connectivity index (χ0) is 24.8. The summed E-state index contributed by atoms with van der Waals surface area (Å²) in [5.74, 6) is 0.279. The van der Waals surface area contributed by atoms with E-state index < -0.39 is 0 Å². The Balaban J connectivity index is 1.33. The number of hydrogen-bond acceptors (Lipinski definition) is 4. The average Bonchev–Trinajstić information content (AvgIpc) is 3.36. The van der Waals surface area contributed by atoms with Crippen LogP contribution in [0.2, 0.25) is 0 Å². The number of halogens is 1. The van der Waals surface area contributed by atoms with E-state index in [0.717, 1.165) is 44.2 Å². The summed E-state index contributed by atoms with van der Waals surface area (Å²) in [5, 5.41) is 2.11. The van der Waals surface area contributed by atoms with Gasteiger partial charge in [-0.1, -0.05) is 38.8 Å². The fraction of sp³-hybridized carbons (Fsp3) is 0.571. The number of carbonyl (C=O) groups excluding carboxylic acids is 2. The lowest BCUT2D eigenvalue weighted by molar-refractivity contribution is -0.142. The van der Waals surface area contributed by atoms with Crippen molar-refractivity contribution in [3.63, 3.8) is 0 Å². The third-order valence-corrected chi connectivity index (χ3v) is 8.53. The molecule has 190 valence electrons. The third kappa shape index (κ3) is 6.12. The minimum atomic E-state index is -0.228. The molecule has 7 heteroatoms. The molecule has 1 fully saturated rings. The van der Waals surface area contributed by atoms with Crippen molar-refractivity contribution in [2.24, 2.45) is 5.92 Å². The van der Waals surface area contributed by atoms with Crippen molar-refractivity contribution < 1.29 is 14.0 Å². The Kier molecular flexibility index (Phi) is 8.95. The van der Waals surface area contributed by atoms with Gasteiger partial charge in [0.05, 0.1) is 6.04 Å². The summed E-state index contributed by atoms with van der Waals surface area (Å²) in [6.45, 7) is 8.22. The molecule has 5 nitrogen and oxygen atoms in total. The third-order valence-electron chi connectivity index (χ3n) is 7.54. The summed E-state index contributed by atoms with van der Waals surface area (Å²) < 4.78 is 14.0. The van der Waals surface area contributed by atoms with Crippen molar-refractivity contribution in [1.82, 2.24) is 14.7 Å². The van der Waals surface area contributed by atoms with Gasteiger partial charge < -0.3 is 9.80 Å². The van der Waals surface area contributed by atoms with Crippen molar-refractivity contribution >= 4 is 23.2 Å².